The number of thioether (sulfide) groups is 1. The van der Waals surface area contributed by atoms with Crippen molar-refractivity contribution in [1.82, 2.24) is 0 Å². The molecule has 0 radical (unpaired) electrons. The van der Waals surface area contributed by atoms with E-state index in [0.717, 1.165) is 10.6 Å². The first-order chi connectivity index (χ1) is 16.4. The second-order valence-electron chi connectivity index (χ2n) is 8.60. The molecule has 0 spiro atoms. The van der Waals surface area contributed by atoms with Crippen molar-refractivity contribution in [3.63, 3.8) is 0 Å². The largest absolute Gasteiger partial charge is 0.313 e. The topological polar surface area (TPSA) is 17.1 Å². The molecule has 0 fully saturated rings. The molecule has 0 saturated carbocycles. The Hall–Kier alpha value is -1.40. The van der Waals surface area contributed by atoms with E-state index in [2.05, 4.69) is 75.5 Å². The van der Waals surface area contributed by atoms with Crippen molar-refractivity contribution in [3.8, 4) is 0 Å². The first-order valence-electron chi connectivity index (χ1n) is 11.0. The van der Waals surface area contributed by atoms with Crippen LogP contribution in [0.5, 0.6) is 0 Å². The molecule has 7 heteroatoms. The van der Waals surface area contributed by atoms with Crippen LogP contribution in [0.3, 0.4) is 0 Å². The molecule has 0 N–H and O–H groups in total. The maximum absolute atomic E-state index is 15.5. The Kier molecular flexibility index (Phi) is 5.84. The molecule has 1 aliphatic heterocycles. The monoisotopic (exact) mass is 554 g/mol. The zero-order valence-electron chi connectivity index (χ0n) is 19.3. The standard InChI is InChI=1S/C27H23OPS5/c1-15-12-20(17(3)32-15)23-24(21-13-16(2)33-18(21)4)29(28,14-31-19-8-6-5-7-9-19)25-26-22(10-11-30-26)34-27(23)25/h5-13H,14H2,1-4H3. The number of hydrogen-bond donors (Lipinski definition) is 0. The lowest BCUT2D eigenvalue weighted by Crippen LogP contribution is -2.04. The quantitative estimate of drug-likeness (QED) is 0.159. The third kappa shape index (κ3) is 3.57. The number of rotatable bonds is 5. The highest BCUT2D eigenvalue weighted by atomic mass is 32.2. The fourth-order valence-electron chi connectivity index (χ4n) is 4.84. The Bertz CT molecular complexity index is 1630. The van der Waals surface area contributed by atoms with Crippen LogP contribution < -0.4 is 5.30 Å². The minimum Gasteiger partial charge on any atom is -0.313 e. The summed E-state index contributed by atoms with van der Waals surface area (Å²) in [5, 5.41) is 4.35. The zero-order chi connectivity index (χ0) is 23.6. The SMILES string of the molecule is Cc1cc(C2=C(c3cc(C)sc3C)P(=O)(CSc3ccccc3)c3c2sc2ccsc32)c(C)s1. The van der Waals surface area contributed by atoms with Crippen LogP contribution in [0.15, 0.2) is 58.8 Å². The summed E-state index contributed by atoms with van der Waals surface area (Å²) in [7, 11) is -2.89. The maximum atomic E-state index is 15.5. The van der Waals surface area contributed by atoms with Gasteiger partial charge >= 0.3 is 0 Å². The Labute approximate surface area is 220 Å². The third-order valence-corrected chi connectivity index (χ3v) is 15.6. The molecule has 0 bridgehead atoms. The van der Waals surface area contributed by atoms with Crippen LogP contribution in [0.1, 0.15) is 35.5 Å². The molecule has 1 aromatic carbocycles. The Balaban J connectivity index is 1.67. The summed E-state index contributed by atoms with van der Waals surface area (Å²) in [6.07, 6.45) is 0. The number of aryl methyl sites for hydroxylation is 4. The lowest BCUT2D eigenvalue weighted by molar-refractivity contribution is 0.590. The molecule has 34 heavy (non-hydrogen) atoms. The second kappa shape index (κ2) is 8.62. The summed E-state index contributed by atoms with van der Waals surface area (Å²) in [6.45, 7) is 8.73. The molecule has 0 amide bonds. The fraction of sp³-hybridized carbons (Fsp3) is 0.185. The predicted octanol–water partition coefficient (Wildman–Crippen LogP) is 9.99. The molecular formula is C27H23OPS5. The van der Waals surface area contributed by atoms with Crippen molar-refractivity contribution in [1.29, 1.82) is 0 Å². The van der Waals surface area contributed by atoms with Crippen LogP contribution in [0.2, 0.25) is 0 Å². The summed E-state index contributed by atoms with van der Waals surface area (Å²) in [4.78, 5) is 7.55. The van der Waals surface area contributed by atoms with E-state index in [1.54, 1.807) is 23.1 Å². The average molecular weight is 555 g/mol. The van der Waals surface area contributed by atoms with Crippen molar-refractivity contribution in [3.05, 3.63) is 89.4 Å². The van der Waals surface area contributed by atoms with E-state index < -0.39 is 7.14 Å². The summed E-state index contributed by atoms with van der Waals surface area (Å²) in [5.74, 6) is 0. The Morgan fingerprint density at radius 3 is 2.18 bits per heavy atom. The molecule has 172 valence electrons. The van der Waals surface area contributed by atoms with E-state index in [4.69, 9.17) is 0 Å². The molecule has 5 aromatic rings. The van der Waals surface area contributed by atoms with E-state index in [-0.39, 0.29) is 0 Å². The van der Waals surface area contributed by atoms with Crippen molar-refractivity contribution in [2.24, 2.45) is 0 Å². The van der Waals surface area contributed by atoms with Crippen molar-refractivity contribution in [2.45, 2.75) is 32.6 Å². The summed E-state index contributed by atoms with van der Waals surface area (Å²) in [5.41, 5.74) is 4.26. The van der Waals surface area contributed by atoms with Crippen molar-refractivity contribution in [2.75, 3.05) is 5.49 Å². The van der Waals surface area contributed by atoms with Gasteiger partial charge in [-0.2, -0.15) is 0 Å². The molecule has 6 rings (SSSR count). The van der Waals surface area contributed by atoms with E-state index in [1.165, 1.54) is 55.4 Å². The molecule has 1 aliphatic rings. The minimum atomic E-state index is -2.89. The fourth-order valence-corrected chi connectivity index (χ4v) is 15.4. The lowest BCUT2D eigenvalue weighted by Gasteiger charge is -2.19. The summed E-state index contributed by atoms with van der Waals surface area (Å²) in [6, 6.07) is 17.2. The molecule has 0 aliphatic carbocycles. The second-order valence-corrected chi connectivity index (χ2v) is 17.7. The van der Waals surface area contributed by atoms with Gasteiger partial charge in [0.2, 0.25) is 0 Å². The highest BCUT2D eigenvalue weighted by Gasteiger charge is 2.46. The molecule has 1 nitrogen and oxygen atoms in total. The predicted molar refractivity (Wildman–Crippen MR) is 158 cm³/mol. The number of fused-ring (bicyclic) bond motifs is 3. The smallest absolute Gasteiger partial charge is 0.157 e. The molecular weight excluding hydrogens is 532 g/mol. The first kappa shape index (κ1) is 23.0. The Morgan fingerprint density at radius 1 is 0.853 bits per heavy atom. The molecule has 4 aromatic heterocycles. The van der Waals surface area contributed by atoms with Crippen LogP contribution in [0.25, 0.3) is 20.3 Å². The van der Waals surface area contributed by atoms with Gasteiger partial charge in [-0.25, -0.2) is 0 Å². The van der Waals surface area contributed by atoms with Gasteiger partial charge in [-0.15, -0.1) is 57.1 Å². The first-order valence-corrected chi connectivity index (χ1v) is 17.2. The van der Waals surface area contributed by atoms with Gasteiger partial charge in [0.15, 0.2) is 7.14 Å². The zero-order valence-corrected chi connectivity index (χ0v) is 24.3. The van der Waals surface area contributed by atoms with E-state index in [1.807, 2.05) is 40.1 Å². The third-order valence-electron chi connectivity index (χ3n) is 6.22. The normalized spacial score (nSPS) is 17.8. The van der Waals surface area contributed by atoms with Crippen LogP contribution in [-0.2, 0) is 4.57 Å². The van der Waals surface area contributed by atoms with Gasteiger partial charge in [0, 0.05) is 50.4 Å². The van der Waals surface area contributed by atoms with Crippen LogP contribution >= 0.6 is 64.3 Å². The maximum Gasteiger partial charge on any atom is 0.157 e. The van der Waals surface area contributed by atoms with Crippen LogP contribution in [-0.4, -0.2) is 5.49 Å². The van der Waals surface area contributed by atoms with Gasteiger partial charge in [-0.05, 0) is 69.0 Å². The Morgan fingerprint density at radius 2 is 1.53 bits per heavy atom. The van der Waals surface area contributed by atoms with Gasteiger partial charge in [0.1, 0.15) is 0 Å². The number of thiophene rings is 4. The van der Waals surface area contributed by atoms with E-state index in [9.17, 15) is 0 Å². The van der Waals surface area contributed by atoms with Gasteiger partial charge in [-0.3, -0.25) is 0 Å². The number of benzene rings is 1. The number of hydrogen-bond acceptors (Lipinski definition) is 6. The van der Waals surface area contributed by atoms with Gasteiger partial charge in [-0.1, -0.05) is 18.2 Å². The van der Waals surface area contributed by atoms with E-state index >= 15 is 4.57 Å². The molecule has 1 atom stereocenters. The lowest BCUT2D eigenvalue weighted by atomic mass is 10.0. The van der Waals surface area contributed by atoms with Crippen molar-refractivity contribution >= 4 is 89.8 Å². The van der Waals surface area contributed by atoms with Gasteiger partial charge < -0.3 is 4.57 Å². The molecule has 1 unspecified atom stereocenters. The van der Waals surface area contributed by atoms with Crippen LogP contribution in [0.4, 0.5) is 0 Å². The average Bonchev–Trinajstić information content (AvgIpc) is 3.57. The molecule has 5 heterocycles. The summed E-state index contributed by atoms with van der Waals surface area (Å²) < 4.78 is 18.0. The van der Waals surface area contributed by atoms with Crippen LogP contribution in [0, 0.1) is 27.7 Å². The van der Waals surface area contributed by atoms with Gasteiger partial charge in [0.25, 0.3) is 0 Å². The van der Waals surface area contributed by atoms with Gasteiger partial charge in [0.05, 0.1) is 15.5 Å². The summed E-state index contributed by atoms with van der Waals surface area (Å²) >= 11 is 8.95. The molecule has 0 saturated heterocycles. The highest BCUT2D eigenvalue weighted by molar-refractivity contribution is 8.08. The highest BCUT2D eigenvalue weighted by Crippen LogP contribution is 2.71. The van der Waals surface area contributed by atoms with Crippen molar-refractivity contribution < 1.29 is 4.57 Å². The van der Waals surface area contributed by atoms with E-state index in [0.29, 0.717) is 5.49 Å². The minimum absolute atomic E-state index is 0.586.